The molecule has 0 saturated heterocycles. The van der Waals surface area contributed by atoms with Crippen molar-refractivity contribution in [2.75, 3.05) is 13.7 Å². The summed E-state index contributed by atoms with van der Waals surface area (Å²) in [6.07, 6.45) is 0.786. The second kappa shape index (κ2) is 8.65. The molecule has 5 nitrogen and oxygen atoms in total. The van der Waals surface area contributed by atoms with E-state index in [4.69, 9.17) is 16.3 Å². The van der Waals surface area contributed by atoms with Gasteiger partial charge in [-0.15, -0.1) is 0 Å². The molecule has 1 atom stereocenters. The fourth-order valence-corrected chi connectivity index (χ4v) is 3.64. The average molecular weight is 401 g/mol. The van der Waals surface area contributed by atoms with Crippen molar-refractivity contribution in [2.24, 2.45) is 5.92 Å². The monoisotopic (exact) mass is 400 g/mol. The van der Waals surface area contributed by atoms with Gasteiger partial charge in [-0.2, -0.15) is 0 Å². The number of ether oxygens (including phenoxy) is 1. The van der Waals surface area contributed by atoms with E-state index in [9.17, 15) is 9.59 Å². The smallest absolute Gasteiger partial charge is 0.253 e. The Hall–Kier alpha value is -2.53. The Morgan fingerprint density at radius 1 is 1.14 bits per heavy atom. The SMILES string of the molecule is COc1ccc2c(c1)CN(C(=O)C(NC(=O)c1ccccc1Cl)C(C)C)CC2. The normalized spacial score (nSPS) is 14.4. The Bertz CT molecular complexity index is 882. The number of hydrogen-bond acceptors (Lipinski definition) is 3. The van der Waals surface area contributed by atoms with Gasteiger partial charge in [-0.3, -0.25) is 9.59 Å². The number of benzene rings is 2. The van der Waals surface area contributed by atoms with Crippen LogP contribution in [0.1, 0.15) is 35.3 Å². The Kier molecular flexibility index (Phi) is 6.25. The van der Waals surface area contributed by atoms with Gasteiger partial charge in [0.05, 0.1) is 17.7 Å². The van der Waals surface area contributed by atoms with Gasteiger partial charge in [-0.25, -0.2) is 0 Å². The first-order valence-corrected chi connectivity index (χ1v) is 9.78. The lowest BCUT2D eigenvalue weighted by Crippen LogP contribution is -2.52. The minimum Gasteiger partial charge on any atom is -0.497 e. The minimum atomic E-state index is -0.615. The minimum absolute atomic E-state index is 0.0503. The van der Waals surface area contributed by atoms with Gasteiger partial charge in [-0.1, -0.05) is 43.6 Å². The van der Waals surface area contributed by atoms with Gasteiger partial charge in [0.15, 0.2) is 0 Å². The predicted molar refractivity (Wildman–Crippen MR) is 110 cm³/mol. The van der Waals surface area contributed by atoms with Crippen molar-refractivity contribution in [1.29, 1.82) is 0 Å². The molecule has 2 aromatic rings. The third-order valence-corrected chi connectivity index (χ3v) is 5.40. The summed E-state index contributed by atoms with van der Waals surface area (Å²) in [5, 5.41) is 3.25. The summed E-state index contributed by atoms with van der Waals surface area (Å²) in [6.45, 7) is 4.99. The summed E-state index contributed by atoms with van der Waals surface area (Å²) in [6, 6.07) is 12.2. The van der Waals surface area contributed by atoms with Crippen molar-refractivity contribution in [1.82, 2.24) is 10.2 Å². The fourth-order valence-electron chi connectivity index (χ4n) is 3.42. The van der Waals surface area contributed by atoms with E-state index in [1.165, 1.54) is 5.56 Å². The fraction of sp³-hybridized carbons (Fsp3) is 0.364. The van der Waals surface area contributed by atoms with Gasteiger partial charge in [0, 0.05) is 13.1 Å². The van der Waals surface area contributed by atoms with E-state index >= 15 is 0 Å². The maximum atomic E-state index is 13.2. The summed E-state index contributed by atoms with van der Waals surface area (Å²) in [5.41, 5.74) is 2.68. The number of amides is 2. The molecule has 3 rings (SSSR count). The number of methoxy groups -OCH3 is 1. The topological polar surface area (TPSA) is 58.6 Å². The highest BCUT2D eigenvalue weighted by Gasteiger charge is 2.31. The van der Waals surface area contributed by atoms with Crippen LogP contribution in [0.25, 0.3) is 0 Å². The standard InChI is InChI=1S/C22H25ClN2O3/c1-14(2)20(24-21(26)18-6-4-5-7-19(18)23)22(27)25-11-10-15-8-9-17(28-3)12-16(15)13-25/h4-9,12,14,20H,10-11,13H2,1-3H3,(H,24,26). The van der Waals surface area contributed by atoms with Crippen LogP contribution in [0.2, 0.25) is 5.02 Å². The van der Waals surface area contributed by atoms with E-state index in [1.807, 2.05) is 26.0 Å². The Morgan fingerprint density at radius 3 is 2.57 bits per heavy atom. The Labute approximate surface area is 170 Å². The van der Waals surface area contributed by atoms with Gasteiger partial charge in [0.1, 0.15) is 11.8 Å². The predicted octanol–water partition coefficient (Wildman–Crippen LogP) is 3.69. The van der Waals surface area contributed by atoms with E-state index in [2.05, 4.69) is 11.4 Å². The maximum absolute atomic E-state index is 13.2. The van der Waals surface area contributed by atoms with Crippen LogP contribution in [0, 0.1) is 5.92 Å². The van der Waals surface area contributed by atoms with E-state index in [0.717, 1.165) is 17.7 Å². The van der Waals surface area contributed by atoms with E-state index in [-0.39, 0.29) is 17.7 Å². The lowest BCUT2D eigenvalue weighted by molar-refractivity contribution is -0.135. The number of rotatable bonds is 5. The Morgan fingerprint density at radius 2 is 1.89 bits per heavy atom. The number of nitrogens with zero attached hydrogens (tertiary/aromatic N) is 1. The molecule has 2 amide bonds. The maximum Gasteiger partial charge on any atom is 0.253 e. The number of carbonyl (C=O) groups excluding carboxylic acids is 2. The summed E-state index contributed by atoms with van der Waals surface area (Å²) < 4.78 is 5.30. The van der Waals surface area contributed by atoms with Crippen LogP contribution in [-0.2, 0) is 17.8 Å². The molecule has 1 heterocycles. The third-order valence-electron chi connectivity index (χ3n) is 5.08. The first-order valence-electron chi connectivity index (χ1n) is 9.40. The molecule has 0 fully saturated rings. The molecule has 0 spiro atoms. The molecule has 6 heteroatoms. The highest BCUT2D eigenvalue weighted by molar-refractivity contribution is 6.33. The summed E-state index contributed by atoms with van der Waals surface area (Å²) in [4.78, 5) is 27.7. The van der Waals surface area contributed by atoms with Crippen LogP contribution in [0.5, 0.6) is 5.75 Å². The zero-order chi connectivity index (χ0) is 20.3. The second-order valence-electron chi connectivity index (χ2n) is 7.32. The van der Waals surface area contributed by atoms with Crippen LogP contribution in [-0.4, -0.2) is 36.4 Å². The van der Waals surface area contributed by atoms with E-state index in [0.29, 0.717) is 23.7 Å². The highest BCUT2D eigenvalue weighted by atomic mass is 35.5. The van der Waals surface area contributed by atoms with Crippen LogP contribution in [0.15, 0.2) is 42.5 Å². The molecular weight excluding hydrogens is 376 g/mol. The molecule has 0 radical (unpaired) electrons. The zero-order valence-corrected chi connectivity index (χ0v) is 17.1. The van der Waals surface area contributed by atoms with Crippen LogP contribution in [0.3, 0.4) is 0 Å². The molecule has 1 aliphatic rings. The number of fused-ring (bicyclic) bond motifs is 1. The molecular formula is C22H25ClN2O3. The summed E-state index contributed by atoms with van der Waals surface area (Å²) in [5.74, 6) is 0.312. The van der Waals surface area contributed by atoms with Crippen molar-refractivity contribution in [3.63, 3.8) is 0 Å². The molecule has 0 saturated carbocycles. The molecule has 1 N–H and O–H groups in total. The summed E-state index contributed by atoms with van der Waals surface area (Å²) in [7, 11) is 1.63. The molecule has 0 aliphatic carbocycles. The van der Waals surface area contributed by atoms with Crippen LogP contribution < -0.4 is 10.1 Å². The van der Waals surface area contributed by atoms with Crippen molar-refractivity contribution < 1.29 is 14.3 Å². The largest absolute Gasteiger partial charge is 0.497 e. The molecule has 28 heavy (non-hydrogen) atoms. The highest BCUT2D eigenvalue weighted by Crippen LogP contribution is 2.25. The van der Waals surface area contributed by atoms with Crippen LogP contribution in [0.4, 0.5) is 0 Å². The number of halogens is 1. The first kappa shape index (κ1) is 20.2. The summed E-state index contributed by atoms with van der Waals surface area (Å²) >= 11 is 6.13. The molecule has 148 valence electrons. The molecule has 0 aromatic heterocycles. The molecule has 1 aliphatic heterocycles. The van der Waals surface area contributed by atoms with Gasteiger partial charge >= 0.3 is 0 Å². The lowest BCUT2D eigenvalue weighted by atomic mass is 9.96. The van der Waals surface area contributed by atoms with Gasteiger partial charge in [0.25, 0.3) is 5.91 Å². The van der Waals surface area contributed by atoms with Crippen molar-refractivity contribution in [3.8, 4) is 5.75 Å². The number of nitrogens with one attached hydrogen (secondary N) is 1. The van der Waals surface area contributed by atoms with Gasteiger partial charge in [-0.05, 0) is 47.7 Å². The lowest BCUT2D eigenvalue weighted by Gasteiger charge is -2.33. The zero-order valence-electron chi connectivity index (χ0n) is 16.4. The quantitative estimate of drug-likeness (QED) is 0.832. The molecule has 2 aromatic carbocycles. The second-order valence-corrected chi connectivity index (χ2v) is 7.73. The van der Waals surface area contributed by atoms with Crippen molar-refractivity contribution in [3.05, 3.63) is 64.2 Å². The van der Waals surface area contributed by atoms with E-state index in [1.54, 1.807) is 36.3 Å². The third kappa shape index (κ3) is 4.30. The molecule has 0 bridgehead atoms. The first-order chi connectivity index (χ1) is 13.4. The van der Waals surface area contributed by atoms with Gasteiger partial charge < -0.3 is 15.0 Å². The number of hydrogen-bond donors (Lipinski definition) is 1. The van der Waals surface area contributed by atoms with Gasteiger partial charge in [0.2, 0.25) is 5.91 Å². The van der Waals surface area contributed by atoms with E-state index < -0.39 is 6.04 Å². The Balaban J connectivity index is 1.76. The van der Waals surface area contributed by atoms with Crippen molar-refractivity contribution >= 4 is 23.4 Å². The van der Waals surface area contributed by atoms with Crippen molar-refractivity contribution in [2.45, 2.75) is 32.9 Å². The van der Waals surface area contributed by atoms with Crippen LogP contribution >= 0.6 is 11.6 Å². The number of carbonyl (C=O) groups is 2. The average Bonchev–Trinajstić information content (AvgIpc) is 2.70. The molecule has 1 unspecified atom stereocenters.